The van der Waals surface area contributed by atoms with Crippen molar-refractivity contribution in [3.05, 3.63) is 89.7 Å². The van der Waals surface area contributed by atoms with Crippen LogP contribution in [0, 0.1) is 5.82 Å². The van der Waals surface area contributed by atoms with Crippen molar-refractivity contribution in [2.24, 2.45) is 0 Å². The first kappa shape index (κ1) is 15.3. The number of rotatable bonds is 1. The van der Waals surface area contributed by atoms with Gasteiger partial charge in [-0.3, -0.25) is 0 Å². The van der Waals surface area contributed by atoms with E-state index in [-0.39, 0.29) is 11.2 Å². The Kier molecular flexibility index (Phi) is 3.08. The summed E-state index contributed by atoms with van der Waals surface area (Å²) in [5.74, 6) is -0.222. The molecule has 5 rings (SSSR count). The Bertz CT molecular complexity index is 1160. The molecule has 0 N–H and O–H groups in total. The van der Waals surface area contributed by atoms with E-state index in [4.69, 9.17) is 4.98 Å². The molecule has 2 heteroatoms. The quantitative estimate of drug-likeness (QED) is 0.394. The van der Waals surface area contributed by atoms with Gasteiger partial charge in [0.25, 0.3) is 0 Å². The molecule has 0 atom stereocenters. The van der Waals surface area contributed by atoms with Gasteiger partial charge in [0.15, 0.2) is 0 Å². The highest BCUT2D eigenvalue weighted by atomic mass is 19.1. The highest BCUT2D eigenvalue weighted by molar-refractivity contribution is 6.01. The monoisotopic (exact) mass is 339 g/mol. The van der Waals surface area contributed by atoms with E-state index in [2.05, 4.69) is 50.2 Å². The van der Waals surface area contributed by atoms with Crippen molar-refractivity contribution >= 4 is 10.9 Å². The van der Waals surface area contributed by atoms with Crippen LogP contribution in [-0.4, -0.2) is 4.98 Å². The van der Waals surface area contributed by atoms with Crippen molar-refractivity contribution in [2.75, 3.05) is 0 Å². The third-order valence-electron chi connectivity index (χ3n) is 5.49. The molecule has 0 amide bonds. The molecule has 1 aliphatic carbocycles. The maximum absolute atomic E-state index is 14.1. The first-order valence-corrected chi connectivity index (χ1v) is 8.86. The summed E-state index contributed by atoms with van der Waals surface area (Å²) < 4.78 is 14.1. The maximum atomic E-state index is 14.1. The molecule has 0 spiro atoms. The Morgan fingerprint density at radius 2 is 1.58 bits per heavy atom. The third-order valence-corrected chi connectivity index (χ3v) is 5.49. The molecule has 0 radical (unpaired) electrons. The summed E-state index contributed by atoms with van der Waals surface area (Å²) in [6, 6.07) is 23.6. The summed E-state index contributed by atoms with van der Waals surface area (Å²) in [7, 11) is 0. The standard InChI is InChI=1S/C24H18FN/c1-24(2)19-11-7-6-10-17(19)21-22(24)18-14-16(25)12-13-20(18)26-23(21)15-8-4-3-5-9-15/h3-14H,1-2H3. The van der Waals surface area contributed by atoms with Gasteiger partial charge in [0.05, 0.1) is 11.2 Å². The summed E-state index contributed by atoms with van der Waals surface area (Å²) >= 11 is 0. The van der Waals surface area contributed by atoms with Crippen LogP contribution in [-0.2, 0) is 5.41 Å². The fourth-order valence-electron chi connectivity index (χ4n) is 4.33. The van der Waals surface area contributed by atoms with Gasteiger partial charge in [0.2, 0.25) is 0 Å². The molecule has 0 bridgehead atoms. The Labute approximate surface area is 152 Å². The van der Waals surface area contributed by atoms with Crippen LogP contribution >= 0.6 is 0 Å². The maximum Gasteiger partial charge on any atom is 0.123 e. The minimum Gasteiger partial charge on any atom is -0.247 e. The van der Waals surface area contributed by atoms with E-state index in [0.29, 0.717) is 0 Å². The highest BCUT2D eigenvalue weighted by Gasteiger charge is 2.39. The average Bonchev–Trinajstić information content (AvgIpc) is 2.90. The predicted molar refractivity (Wildman–Crippen MR) is 105 cm³/mol. The molecular formula is C24H18FN. The Balaban J connectivity index is 2.00. The molecule has 26 heavy (non-hydrogen) atoms. The second-order valence-corrected chi connectivity index (χ2v) is 7.41. The third kappa shape index (κ3) is 1.99. The van der Waals surface area contributed by atoms with Crippen LogP contribution in [0.25, 0.3) is 33.3 Å². The molecule has 3 aromatic carbocycles. The van der Waals surface area contributed by atoms with Crippen molar-refractivity contribution in [3.8, 4) is 22.4 Å². The molecule has 0 unspecified atom stereocenters. The lowest BCUT2D eigenvalue weighted by molar-refractivity contribution is 0.628. The lowest BCUT2D eigenvalue weighted by Gasteiger charge is -2.23. The van der Waals surface area contributed by atoms with Gasteiger partial charge < -0.3 is 0 Å². The van der Waals surface area contributed by atoms with E-state index in [1.165, 1.54) is 22.8 Å². The summed E-state index contributed by atoms with van der Waals surface area (Å²) in [6.45, 7) is 4.44. The number of benzene rings is 3. The van der Waals surface area contributed by atoms with E-state index < -0.39 is 0 Å². The van der Waals surface area contributed by atoms with E-state index in [1.54, 1.807) is 12.1 Å². The van der Waals surface area contributed by atoms with Gasteiger partial charge in [-0.2, -0.15) is 0 Å². The topological polar surface area (TPSA) is 12.9 Å². The minimum atomic E-state index is -0.222. The molecule has 1 heterocycles. The second-order valence-electron chi connectivity index (χ2n) is 7.41. The number of hydrogen-bond donors (Lipinski definition) is 0. The summed E-state index contributed by atoms with van der Waals surface area (Å²) in [4.78, 5) is 4.96. The van der Waals surface area contributed by atoms with Gasteiger partial charge in [0, 0.05) is 21.9 Å². The van der Waals surface area contributed by atoms with Crippen LogP contribution in [0.5, 0.6) is 0 Å². The van der Waals surface area contributed by atoms with Gasteiger partial charge in [-0.1, -0.05) is 68.4 Å². The van der Waals surface area contributed by atoms with Crippen molar-refractivity contribution in [3.63, 3.8) is 0 Å². The van der Waals surface area contributed by atoms with Crippen LogP contribution in [0.1, 0.15) is 25.0 Å². The summed E-state index contributed by atoms with van der Waals surface area (Å²) in [5, 5.41) is 0.904. The first-order chi connectivity index (χ1) is 12.6. The van der Waals surface area contributed by atoms with Crippen LogP contribution in [0.15, 0.2) is 72.8 Å². The molecule has 0 aliphatic heterocycles. The minimum absolute atomic E-state index is 0.204. The predicted octanol–water partition coefficient (Wildman–Crippen LogP) is 6.35. The van der Waals surface area contributed by atoms with Crippen LogP contribution in [0.3, 0.4) is 0 Å². The van der Waals surface area contributed by atoms with Crippen molar-refractivity contribution < 1.29 is 4.39 Å². The second kappa shape index (κ2) is 5.25. The van der Waals surface area contributed by atoms with Crippen molar-refractivity contribution in [2.45, 2.75) is 19.3 Å². The number of nitrogens with zero attached hydrogens (tertiary/aromatic N) is 1. The van der Waals surface area contributed by atoms with Crippen LogP contribution in [0.2, 0.25) is 0 Å². The van der Waals surface area contributed by atoms with Gasteiger partial charge in [-0.15, -0.1) is 0 Å². The van der Waals surface area contributed by atoms with E-state index >= 15 is 0 Å². The molecule has 4 aromatic rings. The van der Waals surface area contributed by atoms with E-state index in [0.717, 1.165) is 27.7 Å². The molecule has 1 nitrogen and oxygen atoms in total. The molecule has 126 valence electrons. The smallest absolute Gasteiger partial charge is 0.123 e. The largest absolute Gasteiger partial charge is 0.247 e. The Morgan fingerprint density at radius 3 is 2.38 bits per heavy atom. The van der Waals surface area contributed by atoms with Crippen LogP contribution < -0.4 is 0 Å². The average molecular weight is 339 g/mol. The molecule has 1 aromatic heterocycles. The van der Waals surface area contributed by atoms with E-state index in [9.17, 15) is 4.39 Å². The molecular weight excluding hydrogens is 321 g/mol. The number of pyridine rings is 1. The number of hydrogen-bond acceptors (Lipinski definition) is 1. The van der Waals surface area contributed by atoms with Gasteiger partial charge in [0.1, 0.15) is 5.82 Å². The Morgan fingerprint density at radius 1 is 0.846 bits per heavy atom. The zero-order valence-electron chi connectivity index (χ0n) is 14.8. The van der Waals surface area contributed by atoms with Gasteiger partial charge in [-0.05, 0) is 34.9 Å². The lowest BCUT2D eigenvalue weighted by atomic mass is 9.80. The van der Waals surface area contributed by atoms with Crippen LogP contribution in [0.4, 0.5) is 4.39 Å². The zero-order valence-corrected chi connectivity index (χ0v) is 14.8. The highest BCUT2D eigenvalue weighted by Crippen LogP contribution is 2.53. The number of aromatic nitrogens is 1. The van der Waals surface area contributed by atoms with Gasteiger partial charge >= 0.3 is 0 Å². The van der Waals surface area contributed by atoms with Crippen molar-refractivity contribution in [1.82, 2.24) is 4.98 Å². The summed E-state index contributed by atoms with van der Waals surface area (Å²) in [5.41, 5.74) is 7.46. The first-order valence-electron chi connectivity index (χ1n) is 8.86. The molecule has 1 aliphatic rings. The fourth-order valence-corrected chi connectivity index (χ4v) is 4.33. The Hall–Kier alpha value is -3.00. The fraction of sp³-hybridized carbons (Fsp3) is 0.125. The molecule has 0 saturated heterocycles. The van der Waals surface area contributed by atoms with Gasteiger partial charge in [-0.25, -0.2) is 9.37 Å². The summed E-state index contributed by atoms with van der Waals surface area (Å²) in [6.07, 6.45) is 0. The molecule has 0 fully saturated rings. The number of fused-ring (bicyclic) bond motifs is 5. The normalized spacial score (nSPS) is 14.3. The van der Waals surface area contributed by atoms with Crippen molar-refractivity contribution in [1.29, 1.82) is 0 Å². The zero-order chi connectivity index (χ0) is 17.9. The molecule has 0 saturated carbocycles. The lowest BCUT2D eigenvalue weighted by Crippen LogP contribution is -2.16. The SMILES string of the molecule is CC1(C)c2ccccc2-c2c(-c3ccccc3)nc3ccc(F)cc3c21. The number of halogens is 1. The van der Waals surface area contributed by atoms with E-state index in [1.807, 2.05) is 18.2 Å².